The van der Waals surface area contributed by atoms with Gasteiger partial charge in [0, 0.05) is 12.8 Å². The summed E-state index contributed by atoms with van der Waals surface area (Å²) >= 11 is 0. The third kappa shape index (κ3) is 5.66. The number of carboxylic acid groups (broad SMARTS) is 1. The standard InChI is InChI=1S/C23H28O10/c1-30-18-5-3-13(7-15(18)24)11-32-20-10-23(29,22(27)28)9-17(26)21(20)33-12-14-4-6-19(31-2)16(25)8-14/h3-8,17,20-21,24-26,29H,9-12H2,1-2H3,(H,27,28)/t17-,20-,21+,23-/m1/s1. The van der Waals surface area contributed by atoms with Crippen LogP contribution in [0.1, 0.15) is 24.0 Å². The molecule has 0 aromatic heterocycles. The molecule has 2 aromatic carbocycles. The molecular weight excluding hydrogens is 436 g/mol. The average molecular weight is 464 g/mol. The highest BCUT2D eigenvalue weighted by molar-refractivity contribution is 5.77. The van der Waals surface area contributed by atoms with E-state index < -0.39 is 36.3 Å². The smallest absolute Gasteiger partial charge is 0.335 e. The lowest BCUT2D eigenvalue weighted by Gasteiger charge is -2.41. The molecule has 1 aliphatic carbocycles. The summed E-state index contributed by atoms with van der Waals surface area (Å²) in [4.78, 5) is 11.6. The molecule has 0 amide bonds. The van der Waals surface area contributed by atoms with Gasteiger partial charge in [-0.15, -0.1) is 0 Å². The molecule has 1 fully saturated rings. The topological polar surface area (TPSA) is 155 Å². The van der Waals surface area contributed by atoms with Crippen LogP contribution in [0.15, 0.2) is 36.4 Å². The monoisotopic (exact) mass is 464 g/mol. The van der Waals surface area contributed by atoms with Crippen LogP contribution < -0.4 is 9.47 Å². The second kappa shape index (κ2) is 10.3. The Kier molecular flexibility index (Phi) is 7.65. The second-order valence-corrected chi connectivity index (χ2v) is 7.95. The molecule has 1 saturated carbocycles. The number of aliphatic hydroxyl groups is 2. The first-order chi connectivity index (χ1) is 15.7. The van der Waals surface area contributed by atoms with Gasteiger partial charge in [-0.05, 0) is 35.4 Å². The lowest BCUT2D eigenvalue weighted by atomic mass is 9.79. The Morgan fingerprint density at radius 3 is 1.91 bits per heavy atom. The molecule has 4 atom stereocenters. The first kappa shape index (κ1) is 24.6. The average Bonchev–Trinajstić information content (AvgIpc) is 2.77. The Morgan fingerprint density at radius 2 is 1.45 bits per heavy atom. The quantitative estimate of drug-likeness (QED) is 0.369. The Morgan fingerprint density at radius 1 is 0.939 bits per heavy atom. The molecule has 3 rings (SSSR count). The molecule has 180 valence electrons. The van der Waals surface area contributed by atoms with Crippen molar-refractivity contribution in [1.82, 2.24) is 0 Å². The number of carboxylic acids is 1. The van der Waals surface area contributed by atoms with Gasteiger partial charge in [-0.25, -0.2) is 4.79 Å². The number of benzene rings is 2. The number of carbonyl (C=O) groups is 1. The molecule has 0 heterocycles. The Bertz CT molecular complexity index is 978. The van der Waals surface area contributed by atoms with Crippen LogP contribution in [0.3, 0.4) is 0 Å². The zero-order valence-electron chi connectivity index (χ0n) is 18.3. The summed E-state index contributed by atoms with van der Waals surface area (Å²) in [6, 6.07) is 9.36. The molecule has 10 heteroatoms. The third-order valence-corrected chi connectivity index (χ3v) is 5.62. The fourth-order valence-electron chi connectivity index (χ4n) is 3.84. The molecule has 0 radical (unpaired) electrons. The molecule has 0 saturated heterocycles. The number of hydrogen-bond acceptors (Lipinski definition) is 9. The van der Waals surface area contributed by atoms with Gasteiger partial charge in [0.1, 0.15) is 6.10 Å². The van der Waals surface area contributed by atoms with E-state index in [9.17, 15) is 30.3 Å². The number of ether oxygens (including phenoxy) is 4. The van der Waals surface area contributed by atoms with E-state index in [1.165, 1.54) is 26.4 Å². The first-order valence-corrected chi connectivity index (χ1v) is 10.3. The van der Waals surface area contributed by atoms with Crippen LogP contribution >= 0.6 is 0 Å². The van der Waals surface area contributed by atoms with Crippen LogP contribution in [-0.4, -0.2) is 69.6 Å². The number of aliphatic hydroxyl groups excluding tert-OH is 1. The minimum Gasteiger partial charge on any atom is -0.504 e. The van der Waals surface area contributed by atoms with Crippen LogP contribution in [0.5, 0.6) is 23.0 Å². The van der Waals surface area contributed by atoms with Gasteiger partial charge in [-0.3, -0.25) is 0 Å². The predicted molar refractivity (Wildman–Crippen MR) is 114 cm³/mol. The van der Waals surface area contributed by atoms with Gasteiger partial charge in [-0.1, -0.05) is 12.1 Å². The van der Waals surface area contributed by atoms with Gasteiger partial charge >= 0.3 is 5.97 Å². The fourth-order valence-corrected chi connectivity index (χ4v) is 3.84. The summed E-state index contributed by atoms with van der Waals surface area (Å²) in [6.07, 6.45) is -3.96. The highest BCUT2D eigenvalue weighted by Crippen LogP contribution is 2.35. The van der Waals surface area contributed by atoms with E-state index in [-0.39, 0.29) is 36.9 Å². The summed E-state index contributed by atoms with van der Waals surface area (Å²) < 4.78 is 21.7. The number of methoxy groups -OCH3 is 2. The Hall–Kier alpha value is -3.05. The van der Waals surface area contributed by atoms with E-state index >= 15 is 0 Å². The predicted octanol–water partition coefficient (Wildman–Crippen LogP) is 1.56. The van der Waals surface area contributed by atoms with Gasteiger partial charge in [0.05, 0.1) is 39.6 Å². The van der Waals surface area contributed by atoms with Crippen molar-refractivity contribution < 1.29 is 49.3 Å². The van der Waals surface area contributed by atoms with Crippen molar-refractivity contribution in [2.75, 3.05) is 14.2 Å². The molecule has 0 aliphatic heterocycles. The first-order valence-electron chi connectivity index (χ1n) is 10.3. The number of hydrogen-bond donors (Lipinski definition) is 5. The molecule has 0 bridgehead atoms. The maximum absolute atomic E-state index is 11.6. The zero-order valence-corrected chi connectivity index (χ0v) is 18.3. The Labute approximate surface area is 190 Å². The van der Waals surface area contributed by atoms with Gasteiger partial charge in [-0.2, -0.15) is 0 Å². The van der Waals surface area contributed by atoms with Crippen molar-refractivity contribution in [2.24, 2.45) is 0 Å². The molecule has 0 spiro atoms. The van der Waals surface area contributed by atoms with Crippen molar-refractivity contribution >= 4 is 5.97 Å². The van der Waals surface area contributed by atoms with E-state index in [2.05, 4.69) is 0 Å². The van der Waals surface area contributed by atoms with Crippen LogP contribution in [0, 0.1) is 0 Å². The van der Waals surface area contributed by atoms with Crippen LogP contribution in [0.4, 0.5) is 0 Å². The van der Waals surface area contributed by atoms with Crippen molar-refractivity contribution in [3.05, 3.63) is 47.5 Å². The molecule has 10 nitrogen and oxygen atoms in total. The normalized spacial score (nSPS) is 24.9. The number of phenolic OH excluding ortho intramolecular Hbond substituents is 2. The summed E-state index contributed by atoms with van der Waals surface area (Å²) in [5, 5.41) is 50.4. The maximum atomic E-state index is 11.6. The molecule has 5 N–H and O–H groups in total. The van der Waals surface area contributed by atoms with Gasteiger partial charge in [0.2, 0.25) is 0 Å². The number of aliphatic carboxylic acids is 1. The van der Waals surface area contributed by atoms with Crippen LogP contribution in [0.2, 0.25) is 0 Å². The Balaban J connectivity index is 1.75. The number of aromatic hydroxyl groups is 2. The van der Waals surface area contributed by atoms with Crippen molar-refractivity contribution in [3.63, 3.8) is 0 Å². The molecule has 0 unspecified atom stereocenters. The fraction of sp³-hybridized carbons (Fsp3) is 0.435. The largest absolute Gasteiger partial charge is 0.504 e. The van der Waals surface area contributed by atoms with E-state index in [0.29, 0.717) is 16.9 Å². The van der Waals surface area contributed by atoms with E-state index in [1.54, 1.807) is 24.3 Å². The van der Waals surface area contributed by atoms with Crippen LogP contribution in [-0.2, 0) is 27.5 Å². The SMILES string of the molecule is COc1ccc(CO[C@H]2[C@H](O)C[C@](O)(C(=O)O)C[C@H]2OCc2ccc(OC)c(O)c2)cc1O. The third-order valence-electron chi connectivity index (χ3n) is 5.62. The highest BCUT2D eigenvalue weighted by Gasteiger charge is 2.50. The second-order valence-electron chi connectivity index (χ2n) is 7.95. The highest BCUT2D eigenvalue weighted by atomic mass is 16.6. The van der Waals surface area contributed by atoms with E-state index in [0.717, 1.165) is 0 Å². The maximum Gasteiger partial charge on any atom is 0.335 e. The van der Waals surface area contributed by atoms with Crippen LogP contribution in [0.25, 0.3) is 0 Å². The number of rotatable bonds is 9. The summed E-state index contributed by atoms with van der Waals surface area (Å²) in [5.74, 6) is -1.04. The van der Waals surface area contributed by atoms with Crippen molar-refractivity contribution in [1.29, 1.82) is 0 Å². The lowest BCUT2D eigenvalue weighted by molar-refractivity contribution is -0.207. The van der Waals surface area contributed by atoms with Gasteiger partial charge in [0.15, 0.2) is 28.6 Å². The van der Waals surface area contributed by atoms with Gasteiger partial charge in [0.25, 0.3) is 0 Å². The summed E-state index contributed by atoms with van der Waals surface area (Å²) in [5.41, 5.74) is -1.01. The minimum atomic E-state index is -2.18. The van der Waals surface area contributed by atoms with Crippen molar-refractivity contribution in [2.45, 2.75) is 50.0 Å². The zero-order chi connectivity index (χ0) is 24.2. The van der Waals surface area contributed by atoms with E-state index in [1.807, 2.05) is 0 Å². The van der Waals surface area contributed by atoms with Crippen molar-refractivity contribution in [3.8, 4) is 23.0 Å². The molecule has 33 heavy (non-hydrogen) atoms. The summed E-state index contributed by atoms with van der Waals surface area (Å²) in [6.45, 7) is -0.0399. The van der Waals surface area contributed by atoms with E-state index in [4.69, 9.17) is 18.9 Å². The molecule has 2 aromatic rings. The van der Waals surface area contributed by atoms with Gasteiger partial charge < -0.3 is 44.5 Å². The number of phenols is 2. The molecular formula is C23H28O10. The summed E-state index contributed by atoms with van der Waals surface area (Å²) in [7, 11) is 2.85. The lowest BCUT2D eigenvalue weighted by Crippen LogP contribution is -2.57. The minimum absolute atomic E-state index is 0.00599. The molecule has 1 aliphatic rings.